The third-order valence-corrected chi connectivity index (χ3v) is 4.90. The molecule has 1 aromatic carbocycles. The van der Waals surface area contributed by atoms with Crippen molar-refractivity contribution in [3.63, 3.8) is 0 Å². The van der Waals surface area contributed by atoms with Gasteiger partial charge in [-0.3, -0.25) is 9.69 Å². The van der Waals surface area contributed by atoms with Crippen LogP contribution in [-0.4, -0.2) is 67.1 Å². The fraction of sp³-hybridized carbons (Fsp3) is 0.611. The molecule has 2 aliphatic heterocycles. The minimum atomic E-state index is -0.622. The number of carbonyl (C=O) groups excluding carboxylic acids is 1. The van der Waals surface area contributed by atoms with Gasteiger partial charge in [-0.1, -0.05) is 19.1 Å². The number of amides is 1. The zero-order valence-electron chi connectivity index (χ0n) is 14.2. The summed E-state index contributed by atoms with van der Waals surface area (Å²) >= 11 is 0. The lowest BCUT2D eigenvalue weighted by atomic mass is 10.2. The van der Waals surface area contributed by atoms with Crippen LogP contribution in [0.5, 0.6) is 5.75 Å². The Morgan fingerprint density at radius 2 is 2.08 bits per heavy atom. The number of rotatable bonds is 5. The first-order valence-corrected chi connectivity index (χ1v) is 8.83. The number of hydrogen-bond donors (Lipinski definition) is 1. The van der Waals surface area contributed by atoms with Gasteiger partial charge in [0.2, 0.25) is 0 Å². The van der Waals surface area contributed by atoms with E-state index in [-0.39, 0.29) is 11.7 Å². The van der Waals surface area contributed by atoms with Crippen molar-refractivity contribution in [1.82, 2.24) is 15.1 Å². The predicted molar refractivity (Wildman–Crippen MR) is 90.5 cm³/mol. The highest BCUT2D eigenvalue weighted by molar-refractivity contribution is 5.81. The van der Waals surface area contributed by atoms with E-state index in [4.69, 9.17) is 4.74 Å². The fourth-order valence-corrected chi connectivity index (χ4v) is 3.49. The van der Waals surface area contributed by atoms with Crippen molar-refractivity contribution in [2.45, 2.75) is 31.9 Å². The van der Waals surface area contributed by atoms with Crippen LogP contribution in [0.1, 0.15) is 19.8 Å². The molecule has 2 unspecified atom stereocenters. The second-order valence-electron chi connectivity index (χ2n) is 6.46. The van der Waals surface area contributed by atoms with E-state index in [2.05, 4.69) is 10.2 Å². The summed E-state index contributed by atoms with van der Waals surface area (Å²) in [5.41, 5.74) is 0. The highest BCUT2D eigenvalue weighted by Gasteiger charge is 2.34. The number of carbonyl (C=O) groups is 1. The smallest absolute Gasteiger partial charge is 0.263 e. The maximum atomic E-state index is 13.8. The Bertz CT molecular complexity index is 563. The van der Waals surface area contributed by atoms with E-state index >= 15 is 0 Å². The topological polar surface area (TPSA) is 44.8 Å². The molecule has 2 saturated heterocycles. The lowest BCUT2D eigenvalue weighted by Gasteiger charge is -2.32. The monoisotopic (exact) mass is 335 g/mol. The van der Waals surface area contributed by atoms with Crippen molar-refractivity contribution in [1.29, 1.82) is 0 Å². The standard InChI is InChI=1S/C18H26FN3O2/c1-2-16(24-17-6-4-3-5-15(17)19)18(23)22-10-7-14(13-22)21-11-8-20-9-12-21/h3-6,14,16,20H,2,7-13H2,1H3. The molecule has 0 saturated carbocycles. The molecule has 0 aliphatic carbocycles. The Kier molecular flexibility index (Phi) is 5.68. The molecule has 2 aliphatic rings. The van der Waals surface area contributed by atoms with E-state index in [9.17, 15) is 9.18 Å². The second kappa shape index (κ2) is 7.94. The van der Waals surface area contributed by atoms with Gasteiger partial charge in [-0.05, 0) is 25.0 Å². The summed E-state index contributed by atoms with van der Waals surface area (Å²) in [6, 6.07) is 6.68. The van der Waals surface area contributed by atoms with E-state index in [0.29, 0.717) is 12.5 Å². The maximum absolute atomic E-state index is 13.8. The van der Waals surface area contributed by atoms with Crippen LogP contribution in [0.2, 0.25) is 0 Å². The molecule has 132 valence electrons. The Balaban J connectivity index is 1.59. The highest BCUT2D eigenvalue weighted by atomic mass is 19.1. The van der Waals surface area contributed by atoms with Gasteiger partial charge in [0.15, 0.2) is 17.7 Å². The van der Waals surface area contributed by atoms with Gasteiger partial charge in [-0.25, -0.2) is 4.39 Å². The predicted octanol–water partition coefficient (Wildman–Crippen LogP) is 1.49. The van der Waals surface area contributed by atoms with Crippen molar-refractivity contribution < 1.29 is 13.9 Å². The quantitative estimate of drug-likeness (QED) is 0.886. The average molecular weight is 335 g/mol. The van der Waals surface area contributed by atoms with Gasteiger partial charge in [-0.15, -0.1) is 0 Å². The highest BCUT2D eigenvalue weighted by Crippen LogP contribution is 2.22. The van der Waals surface area contributed by atoms with E-state index in [1.54, 1.807) is 18.2 Å². The van der Waals surface area contributed by atoms with Crippen molar-refractivity contribution in [3.05, 3.63) is 30.1 Å². The van der Waals surface area contributed by atoms with E-state index in [0.717, 1.165) is 45.7 Å². The number of para-hydroxylation sites is 1. The number of nitrogens with zero attached hydrogens (tertiary/aromatic N) is 2. The Hall–Kier alpha value is -1.66. The van der Waals surface area contributed by atoms with Gasteiger partial charge in [-0.2, -0.15) is 0 Å². The molecule has 0 aromatic heterocycles. The molecule has 2 atom stereocenters. The third kappa shape index (κ3) is 3.87. The summed E-state index contributed by atoms with van der Waals surface area (Å²) in [6.07, 6.45) is 0.910. The Morgan fingerprint density at radius 1 is 1.33 bits per heavy atom. The van der Waals surface area contributed by atoms with Crippen molar-refractivity contribution in [3.8, 4) is 5.75 Å². The zero-order valence-corrected chi connectivity index (χ0v) is 14.2. The maximum Gasteiger partial charge on any atom is 0.263 e. The van der Waals surface area contributed by atoms with Gasteiger partial charge in [0.05, 0.1) is 0 Å². The SMILES string of the molecule is CCC(Oc1ccccc1F)C(=O)N1CCC(N2CCNCC2)C1. The van der Waals surface area contributed by atoms with Gasteiger partial charge in [0.1, 0.15) is 0 Å². The average Bonchev–Trinajstić information content (AvgIpc) is 3.11. The molecule has 5 nitrogen and oxygen atoms in total. The number of ether oxygens (including phenoxy) is 1. The van der Waals surface area contributed by atoms with Crippen molar-refractivity contribution >= 4 is 5.91 Å². The second-order valence-corrected chi connectivity index (χ2v) is 6.46. The minimum absolute atomic E-state index is 0.0293. The number of likely N-dealkylation sites (tertiary alicyclic amines) is 1. The molecule has 2 fully saturated rings. The summed E-state index contributed by atoms with van der Waals surface area (Å²) in [5, 5.41) is 3.35. The van der Waals surface area contributed by atoms with Crippen LogP contribution in [0.25, 0.3) is 0 Å². The summed E-state index contributed by atoms with van der Waals surface area (Å²) in [7, 11) is 0. The molecule has 24 heavy (non-hydrogen) atoms. The molecule has 3 rings (SSSR count). The van der Waals surface area contributed by atoms with Crippen LogP contribution in [0.3, 0.4) is 0 Å². The molecule has 0 bridgehead atoms. The molecule has 1 aromatic rings. The first-order chi connectivity index (χ1) is 11.7. The van der Waals surface area contributed by atoms with Crippen LogP contribution < -0.4 is 10.1 Å². The molecular formula is C18H26FN3O2. The summed E-state index contributed by atoms with van der Waals surface area (Å²) in [4.78, 5) is 17.1. The van der Waals surface area contributed by atoms with Crippen LogP contribution in [-0.2, 0) is 4.79 Å². The van der Waals surface area contributed by atoms with E-state index in [1.165, 1.54) is 6.07 Å². The van der Waals surface area contributed by atoms with Gasteiger partial charge in [0, 0.05) is 45.3 Å². The van der Waals surface area contributed by atoms with E-state index < -0.39 is 11.9 Å². The van der Waals surface area contributed by atoms with Crippen molar-refractivity contribution in [2.24, 2.45) is 0 Å². The fourth-order valence-electron chi connectivity index (χ4n) is 3.49. The first-order valence-electron chi connectivity index (χ1n) is 8.83. The molecule has 1 N–H and O–H groups in total. The van der Waals surface area contributed by atoms with Gasteiger partial charge < -0.3 is 15.0 Å². The number of halogens is 1. The Morgan fingerprint density at radius 3 is 2.79 bits per heavy atom. The minimum Gasteiger partial charge on any atom is -0.478 e. The summed E-state index contributed by atoms with van der Waals surface area (Å²) in [5.74, 6) is -0.308. The van der Waals surface area contributed by atoms with Crippen LogP contribution in [0.15, 0.2) is 24.3 Å². The lowest BCUT2D eigenvalue weighted by molar-refractivity contribution is -0.138. The molecular weight excluding hydrogens is 309 g/mol. The van der Waals surface area contributed by atoms with Gasteiger partial charge >= 0.3 is 0 Å². The van der Waals surface area contributed by atoms with Gasteiger partial charge in [0.25, 0.3) is 5.91 Å². The molecule has 0 radical (unpaired) electrons. The summed E-state index contributed by atoms with van der Waals surface area (Å²) < 4.78 is 19.4. The van der Waals surface area contributed by atoms with E-state index in [1.807, 2.05) is 11.8 Å². The Labute approximate surface area is 142 Å². The molecule has 1 amide bonds. The number of nitrogens with one attached hydrogen (secondary N) is 1. The van der Waals surface area contributed by atoms with Crippen LogP contribution in [0.4, 0.5) is 4.39 Å². The van der Waals surface area contributed by atoms with Crippen LogP contribution in [0, 0.1) is 5.82 Å². The zero-order chi connectivity index (χ0) is 16.9. The van der Waals surface area contributed by atoms with Crippen molar-refractivity contribution in [2.75, 3.05) is 39.3 Å². The first kappa shape index (κ1) is 17.2. The number of benzene rings is 1. The largest absolute Gasteiger partial charge is 0.478 e. The molecule has 0 spiro atoms. The normalized spacial score (nSPS) is 23.2. The number of hydrogen-bond acceptors (Lipinski definition) is 4. The summed E-state index contributed by atoms with van der Waals surface area (Å²) in [6.45, 7) is 7.50. The number of piperazine rings is 1. The lowest BCUT2D eigenvalue weighted by Crippen LogP contribution is -2.50. The molecule has 2 heterocycles. The third-order valence-electron chi connectivity index (χ3n) is 4.90. The molecule has 6 heteroatoms. The van der Waals surface area contributed by atoms with Crippen LogP contribution >= 0.6 is 0 Å².